The first-order valence-electron chi connectivity index (χ1n) is 4.57. The van der Waals surface area contributed by atoms with Gasteiger partial charge in [0, 0.05) is 13.2 Å². The third-order valence-corrected chi connectivity index (χ3v) is 3.00. The zero-order valence-corrected chi connectivity index (χ0v) is 9.32. The normalized spacial score (nSPS) is 10.1. The Hall–Kier alpha value is -1.95. The summed E-state index contributed by atoms with van der Waals surface area (Å²) in [6.45, 7) is 0. The van der Waals surface area contributed by atoms with Crippen molar-refractivity contribution in [3.05, 3.63) is 35.0 Å². The average molecular weight is 235 g/mol. The molecule has 2 aromatic rings. The van der Waals surface area contributed by atoms with Gasteiger partial charge in [0.1, 0.15) is 5.00 Å². The van der Waals surface area contributed by atoms with Gasteiger partial charge >= 0.3 is 0 Å². The number of rotatable bonds is 3. The van der Waals surface area contributed by atoms with Crippen molar-refractivity contribution < 1.29 is 9.59 Å². The third-order valence-electron chi connectivity index (χ3n) is 2.00. The second kappa shape index (κ2) is 4.28. The highest BCUT2D eigenvalue weighted by Gasteiger charge is 2.09. The Morgan fingerprint density at radius 2 is 2.31 bits per heavy atom. The van der Waals surface area contributed by atoms with Crippen LogP contribution < -0.4 is 5.32 Å². The van der Waals surface area contributed by atoms with Crippen molar-refractivity contribution in [2.45, 2.75) is 0 Å². The van der Waals surface area contributed by atoms with Gasteiger partial charge in [-0.2, -0.15) is 5.10 Å². The summed E-state index contributed by atoms with van der Waals surface area (Å²) in [7, 11) is 1.55. The van der Waals surface area contributed by atoms with Gasteiger partial charge in [0.25, 0.3) is 5.91 Å². The van der Waals surface area contributed by atoms with Crippen LogP contribution in [0.25, 0.3) is 5.00 Å². The topological polar surface area (TPSA) is 64.0 Å². The zero-order chi connectivity index (χ0) is 11.5. The van der Waals surface area contributed by atoms with Crippen LogP contribution in [-0.4, -0.2) is 29.0 Å². The van der Waals surface area contributed by atoms with Crippen molar-refractivity contribution in [3.8, 4) is 5.00 Å². The summed E-state index contributed by atoms with van der Waals surface area (Å²) in [5.74, 6) is -0.231. The van der Waals surface area contributed by atoms with Gasteiger partial charge in [0.05, 0.1) is 4.88 Å². The lowest BCUT2D eigenvalue weighted by Gasteiger charge is -1.95. The highest BCUT2D eigenvalue weighted by atomic mass is 32.1. The van der Waals surface area contributed by atoms with Crippen molar-refractivity contribution in [2.24, 2.45) is 0 Å². The molecule has 1 amide bonds. The van der Waals surface area contributed by atoms with Gasteiger partial charge < -0.3 is 5.32 Å². The fraction of sp³-hybridized carbons (Fsp3) is 0.100. The van der Waals surface area contributed by atoms with Crippen molar-refractivity contribution in [3.63, 3.8) is 0 Å². The monoisotopic (exact) mass is 235 g/mol. The molecule has 0 radical (unpaired) electrons. The van der Waals surface area contributed by atoms with E-state index < -0.39 is 0 Å². The second-order valence-electron chi connectivity index (χ2n) is 3.02. The van der Waals surface area contributed by atoms with Crippen LogP contribution in [-0.2, 0) is 0 Å². The minimum Gasteiger partial charge on any atom is -0.354 e. The Morgan fingerprint density at radius 3 is 2.94 bits per heavy atom. The Bertz CT molecular complexity index is 530. The zero-order valence-electron chi connectivity index (χ0n) is 8.51. The van der Waals surface area contributed by atoms with Crippen LogP contribution in [0, 0.1) is 0 Å². The number of nitrogens with one attached hydrogen (secondary N) is 1. The highest BCUT2D eigenvalue weighted by molar-refractivity contribution is 7.16. The van der Waals surface area contributed by atoms with Gasteiger partial charge in [-0.3, -0.25) is 9.59 Å². The second-order valence-corrected chi connectivity index (χ2v) is 4.11. The van der Waals surface area contributed by atoms with Gasteiger partial charge in [0.2, 0.25) is 0 Å². The molecule has 0 aliphatic heterocycles. The van der Waals surface area contributed by atoms with E-state index in [1.807, 2.05) is 0 Å². The number of thiophene rings is 1. The standard InChI is InChI=1S/C10H9N3O2S/c1-11-10(15)8-4-5-13(12-8)9-3-2-7(6-14)16-9/h2-6H,1H3,(H,11,15). The van der Waals surface area contributed by atoms with E-state index >= 15 is 0 Å². The molecule has 1 N–H and O–H groups in total. The molecule has 0 aliphatic rings. The molecular formula is C10H9N3O2S. The number of carbonyl (C=O) groups excluding carboxylic acids is 2. The largest absolute Gasteiger partial charge is 0.354 e. The van der Waals surface area contributed by atoms with Crippen LogP contribution in [0.5, 0.6) is 0 Å². The molecule has 2 heterocycles. The van der Waals surface area contributed by atoms with Crippen molar-refractivity contribution in [2.75, 3.05) is 7.05 Å². The minimum atomic E-state index is -0.231. The number of hydrogen-bond acceptors (Lipinski definition) is 4. The van der Waals surface area contributed by atoms with E-state index in [0.717, 1.165) is 11.3 Å². The van der Waals surface area contributed by atoms with E-state index in [4.69, 9.17) is 0 Å². The Labute approximate surface area is 95.7 Å². The number of aldehydes is 1. The Balaban J connectivity index is 2.31. The van der Waals surface area contributed by atoms with Gasteiger partial charge in [-0.1, -0.05) is 0 Å². The summed E-state index contributed by atoms with van der Waals surface area (Å²) in [6.07, 6.45) is 2.47. The first-order valence-corrected chi connectivity index (χ1v) is 5.39. The molecule has 2 aromatic heterocycles. The van der Waals surface area contributed by atoms with E-state index in [0.29, 0.717) is 10.6 Å². The molecule has 82 valence electrons. The molecule has 0 bridgehead atoms. The number of amides is 1. The maximum absolute atomic E-state index is 11.3. The summed E-state index contributed by atoms with van der Waals surface area (Å²) in [5.41, 5.74) is 0.351. The number of carbonyl (C=O) groups is 2. The molecule has 16 heavy (non-hydrogen) atoms. The molecule has 5 nitrogen and oxygen atoms in total. The number of aromatic nitrogens is 2. The summed E-state index contributed by atoms with van der Waals surface area (Å²) in [5, 5.41) is 7.40. The van der Waals surface area contributed by atoms with E-state index in [1.165, 1.54) is 11.3 Å². The van der Waals surface area contributed by atoms with E-state index in [9.17, 15) is 9.59 Å². The first kappa shape index (κ1) is 10.6. The van der Waals surface area contributed by atoms with Crippen LogP contribution in [0.4, 0.5) is 0 Å². The molecule has 0 aliphatic carbocycles. The smallest absolute Gasteiger partial charge is 0.271 e. The third kappa shape index (κ3) is 1.87. The minimum absolute atomic E-state index is 0.231. The fourth-order valence-electron chi connectivity index (χ4n) is 1.22. The average Bonchev–Trinajstić information content (AvgIpc) is 2.95. The molecule has 0 aromatic carbocycles. The highest BCUT2D eigenvalue weighted by Crippen LogP contribution is 2.18. The molecule has 0 atom stereocenters. The van der Waals surface area contributed by atoms with Gasteiger partial charge in [-0.05, 0) is 18.2 Å². The molecule has 0 fully saturated rings. The summed E-state index contributed by atoms with van der Waals surface area (Å²) >= 11 is 1.32. The van der Waals surface area contributed by atoms with E-state index in [1.54, 1.807) is 36.1 Å². The van der Waals surface area contributed by atoms with Crippen molar-refractivity contribution in [1.82, 2.24) is 15.1 Å². The van der Waals surface area contributed by atoms with Crippen molar-refractivity contribution >= 4 is 23.5 Å². The quantitative estimate of drug-likeness (QED) is 0.810. The van der Waals surface area contributed by atoms with Crippen LogP contribution in [0.2, 0.25) is 0 Å². The van der Waals surface area contributed by atoms with Gasteiger partial charge in [-0.25, -0.2) is 4.68 Å². The van der Waals surface area contributed by atoms with Crippen LogP contribution in [0.1, 0.15) is 20.2 Å². The van der Waals surface area contributed by atoms with Crippen LogP contribution in [0.3, 0.4) is 0 Å². The van der Waals surface area contributed by atoms with Crippen molar-refractivity contribution in [1.29, 1.82) is 0 Å². The molecule has 0 saturated heterocycles. The summed E-state index contributed by atoms with van der Waals surface area (Å²) in [4.78, 5) is 22.4. The molecule has 0 saturated carbocycles. The predicted octanol–water partition coefficient (Wildman–Crippen LogP) is 1.11. The van der Waals surface area contributed by atoms with Crippen LogP contribution >= 0.6 is 11.3 Å². The molecule has 0 unspecified atom stereocenters. The molecule has 0 spiro atoms. The van der Waals surface area contributed by atoms with E-state index in [2.05, 4.69) is 10.4 Å². The predicted molar refractivity (Wildman–Crippen MR) is 60.2 cm³/mol. The van der Waals surface area contributed by atoms with Gasteiger partial charge in [-0.15, -0.1) is 11.3 Å². The molecular weight excluding hydrogens is 226 g/mol. The SMILES string of the molecule is CNC(=O)c1ccn(-c2ccc(C=O)s2)n1. The van der Waals surface area contributed by atoms with Crippen LogP contribution in [0.15, 0.2) is 24.4 Å². The number of hydrogen-bond donors (Lipinski definition) is 1. The maximum Gasteiger partial charge on any atom is 0.271 e. The summed E-state index contributed by atoms with van der Waals surface area (Å²) in [6, 6.07) is 5.13. The fourth-order valence-corrected chi connectivity index (χ4v) is 1.98. The lowest BCUT2D eigenvalue weighted by Crippen LogP contribution is -2.18. The Kier molecular flexibility index (Phi) is 2.82. The Morgan fingerprint density at radius 1 is 1.50 bits per heavy atom. The molecule has 2 rings (SSSR count). The molecule has 6 heteroatoms. The van der Waals surface area contributed by atoms with Gasteiger partial charge in [0.15, 0.2) is 12.0 Å². The first-order chi connectivity index (χ1) is 7.74. The lowest BCUT2D eigenvalue weighted by atomic mass is 10.4. The number of nitrogens with zero attached hydrogens (tertiary/aromatic N) is 2. The lowest BCUT2D eigenvalue weighted by molar-refractivity contribution is 0.0957. The van der Waals surface area contributed by atoms with E-state index in [-0.39, 0.29) is 5.91 Å². The maximum atomic E-state index is 11.3. The summed E-state index contributed by atoms with van der Waals surface area (Å²) < 4.78 is 1.57.